The van der Waals surface area contributed by atoms with Crippen LogP contribution in [0.5, 0.6) is 5.88 Å². The maximum atomic E-state index is 13.3. The van der Waals surface area contributed by atoms with E-state index in [1.807, 2.05) is 19.1 Å². The van der Waals surface area contributed by atoms with Gasteiger partial charge in [-0.3, -0.25) is 10.1 Å². The minimum absolute atomic E-state index is 0.0484. The van der Waals surface area contributed by atoms with Crippen molar-refractivity contribution in [2.24, 2.45) is 0 Å². The van der Waals surface area contributed by atoms with E-state index in [-0.39, 0.29) is 17.8 Å². The zero-order valence-electron chi connectivity index (χ0n) is 21.0. The number of nitrogens with one attached hydrogen (secondary N) is 2. The van der Waals surface area contributed by atoms with Gasteiger partial charge in [-0.15, -0.1) is 0 Å². The first-order valence-electron chi connectivity index (χ1n) is 12.7. The van der Waals surface area contributed by atoms with Gasteiger partial charge in [-0.2, -0.15) is 13.2 Å². The van der Waals surface area contributed by atoms with Crippen molar-refractivity contribution in [1.82, 2.24) is 15.2 Å². The summed E-state index contributed by atoms with van der Waals surface area (Å²) < 4.78 is 46.0. The van der Waals surface area contributed by atoms with Gasteiger partial charge in [0.1, 0.15) is 11.7 Å². The lowest BCUT2D eigenvalue weighted by molar-refractivity contribution is -0.388. The molecular weight excluding hydrogens is 521 g/mol. The van der Waals surface area contributed by atoms with E-state index in [9.17, 15) is 23.3 Å². The number of aromatic nitrogens is 1. The normalized spacial score (nSPS) is 20.1. The van der Waals surface area contributed by atoms with E-state index in [4.69, 9.17) is 17.0 Å². The Kier molecular flexibility index (Phi) is 8.75. The molecule has 1 saturated carbocycles. The first-order chi connectivity index (χ1) is 18.1. The average molecular weight is 553 g/mol. The highest BCUT2D eigenvalue weighted by molar-refractivity contribution is 7.80. The second-order valence-corrected chi connectivity index (χ2v) is 9.77. The first-order valence-corrected chi connectivity index (χ1v) is 13.1. The summed E-state index contributed by atoms with van der Waals surface area (Å²) in [4.78, 5) is 18.8. The Morgan fingerprint density at radius 3 is 2.50 bits per heavy atom. The van der Waals surface area contributed by atoms with E-state index in [1.165, 1.54) is 6.07 Å². The molecule has 2 aromatic rings. The Morgan fingerprint density at radius 2 is 1.87 bits per heavy atom. The van der Waals surface area contributed by atoms with Crippen LogP contribution in [-0.4, -0.2) is 64.8 Å². The summed E-state index contributed by atoms with van der Waals surface area (Å²) in [6, 6.07) is 6.88. The molecule has 1 aromatic heterocycles. The Labute approximate surface area is 224 Å². The maximum Gasteiger partial charge on any atom is 0.423 e. The van der Waals surface area contributed by atoms with Crippen LogP contribution < -0.4 is 20.3 Å². The SMILES string of the molecule is CCNC(=S)N1CCN(c2ccnc(OC3CCC(Nc4ccc([N+](=O)[O-])c(C(F)(F)F)c4)CC3)c2)CC1. The lowest BCUT2D eigenvalue weighted by Gasteiger charge is -2.37. The predicted octanol–water partition coefficient (Wildman–Crippen LogP) is 4.83. The zero-order chi connectivity index (χ0) is 27.3. The van der Waals surface area contributed by atoms with Gasteiger partial charge in [-0.05, 0) is 63.0 Å². The van der Waals surface area contributed by atoms with Crippen molar-refractivity contribution in [2.45, 2.75) is 50.9 Å². The molecule has 2 fully saturated rings. The van der Waals surface area contributed by atoms with E-state index in [0.717, 1.165) is 55.7 Å². The minimum atomic E-state index is -4.81. The van der Waals surface area contributed by atoms with Crippen LogP contribution in [-0.2, 0) is 6.18 Å². The fourth-order valence-corrected chi connectivity index (χ4v) is 5.16. The summed E-state index contributed by atoms with van der Waals surface area (Å²) in [5, 5.41) is 18.1. The molecule has 13 heteroatoms. The molecule has 1 aliphatic carbocycles. The van der Waals surface area contributed by atoms with Gasteiger partial charge < -0.3 is 25.2 Å². The Morgan fingerprint density at radius 1 is 1.16 bits per heavy atom. The number of ether oxygens (including phenoxy) is 1. The van der Waals surface area contributed by atoms with Crippen molar-refractivity contribution in [3.8, 4) is 5.88 Å². The van der Waals surface area contributed by atoms with Gasteiger partial charge in [0, 0.05) is 68.5 Å². The third kappa shape index (κ3) is 6.94. The molecule has 0 radical (unpaired) electrons. The number of hydrogen-bond donors (Lipinski definition) is 2. The number of hydrogen-bond acceptors (Lipinski definition) is 7. The van der Waals surface area contributed by atoms with Crippen LogP contribution in [0.2, 0.25) is 0 Å². The smallest absolute Gasteiger partial charge is 0.423 e. The van der Waals surface area contributed by atoms with Crippen molar-refractivity contribution in [2.75, 3.05) is 42.9 Å². The van der Waals surface area contributed by atoms with Gasteiger partial charge in [0.15, 0.2) is 5.11 Å². The molecule has 2 N–H and O–H groups in total. The van der Waals surface area contributed by atoms with E-state index in [2.05, 4.69) is 25.4 Å². The number of piperazine rings is 1. The molecule has 38 heavy (non-hydrogen) atoms. The number of thiocarbonyl (C=S) groups is 1. The number of anilines is 2. The van der Waals surface area contributed by atoms with Crippen molar-refractivity contribution >= 4 is 34.4 Å². The van der Waals surface area contributed by atoms with Crippen molar-refractivity contribution < 1.29 is 22.8 Å². The molecule has 2 heterocycles. The van der Waals surface area contributed by atoms with Crippen LogP contribution in [0, 0.1) is 10.1 Å². The van der Waals surface area contributed by atoms with Crippen LogP contribution in [0.3, 0.4) is 0 Å². The molecule has 1 aliphatic heterocycles. The first kappa shape index (κ1) is 27.7. The summed E-state index contributed by atoms with van der Waals surface area (Å²) in [6.07, 6.45) is -0.313. The van der Waals surface area contributed by atoms with Crippen LogP contribution in [0.1, 0.15) is 38.2 Å². The third-order valence-electron chi connectivity index (χ3n) is 6.81. The molecule has 206 valence electrons. The molecule has 2 aliphatic rings. The quantitative estimate of drug-likeness (QED) is 0.285. The van der Waals surface area contributed by atoms with Gasteiger partial charge in [0.25, 0.3) is 5.69 Å². The highest BCUT2D eigenvalue weighted by Gasteiger charge is 2.38. The van der Waals surface area contributed by atoms with E-state index in [0.29, 0.717) is 31.6 Å². The summed E-state index contributed by atoms with van der Waals surface area (Å²) in [7, 11) is 0. The fraction of sp³-hybridized carbons (Fsp3) is 0.520. The summed E-state index contributed by atoms with van der Waals surface area (Å²) in [5.41, 5.74) is -0.947. The van der Waals surface area contributed by atoms with Crippen LogP contribution >= 0.6 is 12.2 Å². The van der Waals surface area contributed by atoms with Crippen LogP contribution in [0.25, 0.3) is 0 Å². The molecule has 0 bridgehead atoms. The second-order valence-electron chi connectivity index (χ2n) is 9.38. The molecule has 0 amide bonds. The van der Waals surface area contributed by atoms with Crippen molar-refractivity contribution in [3.05, 3.63) is 52.2 Å². The summed E-state index contributed by atoms with van der Waals surface area (Å²) in [5.74, 6) is 0.551. The van der Waals surface area contributed by atoms with Crippen molar-refractivity contribution in [1.29, 1.82) is 0 Å². The number of nitrogens with zero attached hydrogens (tertiary/aromatic N) is 4. The number of alkyl halides is 3. The monoisotopic (exact) mass is 552 g/mol. The molecule has 1 aromatic carbocycles. The number of benzene rings is 1. The molecule has 9 nitrogen and oxygen atoms in total. The zero-order valence-corrected chi connectivity index (χ0v) is 21.9. The maximum absolute atomic E-state index is 13.3. The molecule has 1 saturated heterocycles. The number of halogens is 3. The highest BCUT2D eigenvalue weighted by atomic mass is 32.1. The lowest BCUT2D eigenvalue weighted by atomic mass is 9.92. The van der Waals surface area contributed by atoms with Gasteiger partial charge in [-0.1, -0.05) is 0 Å². The number of nitro benzene ring substituents is 1. The van der Waals surface area contributed by atoms with Crippen LogP contribution in [0.15, 0.2) is 36.5 Å². The highest BCUT2D eigenvalue weighted by Crippen LogP contribution is 2.38. The van der Waals surface area contributed by atoms with E-state index >= 15 is 0 Å². The summed E-state index contributed by atoms with van der Waals surface area (Å²) >= 11 is 5.41. The third-order valence-corrected chi connectivity index (χ3v) is 7.21. The predicted molar refractivity (Wildman–Crippen MR) is 143 cm³/mol. The molecule has 0 unspecified atom stereocenters. The Bertz CT molecular complexity index is 1140. The Hall–Kier alpha value is -3.35. The minimum Gasteiger partial charge on any atom is -0.474 e. The standard InChI is InChI=1S/C25H31F3N6O3S/c1-2-29-24(38)33-13-11-32(12-14-33)19-9-10-30-23(16-19)37-20-6-3-17(4-7-20)31-18-5-8-22(34(35)36)21(15-18)25(26,27)28/h5,8-10,15-17,20,31H,2-4,6-7,11-14H2,1H3,(H,29,38). The van der Waals surface area contributed by atoms with Gasteiger partial charge in [-0.25, -0.2) is 4.98 Å². The van der Waals surface area contributed by atoms with Gasteiger partial charge in [0.2, 0.25) is 5.88 Å². The molecule has 0 atom stereocenters. The Balaban J connectivity index is 1.29. The van der Waals surface area contributed by atoms with Crippen molar-refractivity contribution in [3.63, 3.8) is 0 Å². The molecule has 0 spiro atoms. The number of rotatable bonds is 7. The average Bonchev–Trinajstić information content (AvgIpc) is 2.89. The van der Waals surface area contributed by atoms with Gasteiger partial charge in [0.05, 0.1) is 4.92 Å². The molecular formula is C25H31F3N6O3S. The van der Waals surface area contributed by atoms with Gasteiger partial charge >= 0.3 is 6.18 Å². The number of nitro groups is 1. The van der Waals surface area contributed by atoms with E-state index < -0.39 is 22.4 Å². The fourth-order valence-electron chi connectivity index (χ4n) is 4.83. The summed E-state index contributed by atoms with van der Waals surface area (Å²) in [6.45, 7) is 6.17. The lowest BCUT2D eigenvalue weighted by Crippen LogP contribution is -2.51. The topological polar surface area (TPSA) is 95.8 Å². The largest absolute Gasteiger partial charge is 0.474 e. The second kappa shape index (κ2) is 12.0. The van der Waals surface area contributed by atoms with Crippen LogP contribution in [0.4, 0.5) is 30.2 Å². The van der Waals surface area contributed by atoms with E-state index in [1.54, 1.807) is 6.20 Å². The molecule has 4 rings (SSSR count). The number of pyridine rings is 1.